The van der Waals surface area contributed by atoms with Gasteiger partial charge in [-0.05, 0) is 25.5 Å². The molecule has 1 N–H and O–H groups in total. The number of nitrogens with one attached hydrogen (secondary N) is 1. The summed E-state index contributed by atoms with van der Waals surface area (Å²) < 4.78 is 5.43. The third kappa shape index (κ3) is 4.42. The fourth-order valence-electron chi connectivity index (χ4n) is 3.05. The Bertz CT molecular complexity index is 850. The molecule has 1 amide bonds. The van der Waals surface area contributed by atoms with Crippen LogP contribution in [0.4, 0.5) is 17.5 Å². The number of anilines is 3. The molecule has 8 heteroatoms. The molecule has 1 fully saturated rings. The largest absolute Gasteiger partial charge is 0.495 e. The number of benzene rings is 1. The third-order valence-electron chi connectivity index (χ3n) is 4.59. The monoisotopic (exact) mass is 389 g/mol. The smallest absolute Gasteiger partial charge is 0.227 e. The molecule has 1 aromatic carbocycles. The first-order chi connectivity index (χ1) is 12.9. The second-order valence-corrected chi connectivity index (χ2v) is 7.02. The molecule has 0 aliphatic carbocycles. The number of aryl methyl sites for hydroxylation is 2. The number of hydrogen-bond donors (Lipinski definition) is 1. The molecule has 27 heavy (non-hydrogen) atoms. The Hall–Kier alpha value is -2.54. The van der Waals surface area contributed by atoms with Crippen LogP contribution >= 0.6 is 11.6 Å². The van der Waals surface area contributed by atoms with Crippen LogP contribution in [0.15, 0.2) is 18.2 Å². The number of nitrogens with zero attached hydrogens (tertiary/aromatic N) is 4. The Balaban J connectivity index is 1.82. The topological polar surface area (TPSA) is 70.6 Å². The number of methoxy groups -OCH3 is 1. The van der Waals surface area contributed by atoms with E-state index in [9.17, 15) is 4.79 Å². The van der Waals surface area contributed by atoms with Crippen LogP contribution in [0.1, 0.15) is 18.2 Å². The van der Waals surface area contributed by atoms with E-state index in [1.54, 1.807) is 20.1 Å². The molecule has 2 heterocycles. The fourth-order valence-corrected chi connectivity index (χ4v) is 3.20. The minimum Gasteiger partial charge on any atom is -0.495 e. The van der Waals surface area contributed by atoms with E-state index in [0.717, 1.165) is 16.9 Å². The lowest BCUT2D eigenvalue weighted by Crippen LogP contribution is -2.48. The van der Waals surface area contributed by atoms with Crippen molar-refractivity contribution in [3.8, 4) is 5.75 Å². The lowest BCUT2D eigenvalue weighted by molar-refractivity contribution is -0.129. The number of hydrogen-bond acceptors (Lipinski definition) is 6. The van der Waals surface area contributed by atoms with E-state index in [-0.39, 0.29) is 5.91 Å². The molecular weight excluding hydrogens is 366 g/mol. The average molecular weight is 390 g/mol. The Morgan fingerprint density at radius 3 is 2.48 bits per heavy atom. The van der Waals surface area contributed by atoms with Crippen molar-refractivity contribution < 1.29 is 9.53 Å². The fraction of sp³-hybridized carbons (Fsp3) is 0.421. The number of carbonyl (C=O) groups excluding carboxylic acids is 1. The maximum atomic E-state index is 11.5. The molecule has 0 unspecified atom stereocenters. The first-order valence-electron chi connectivity index (χ1n) is 8.84. The molecule has 3 rings (SSSR count). The zero-order chi connectivity index (χ0) is 19.6. The summed E-state index contributed by atoms with van der Waals surface area (Å²) in [7, 11) is 1.61. The van der Waals surface area contributed by atoms with Crippen LogP contribution in [-0.4, -0.2) is 54.1 Å². The van der Waals surface area contributed by atoms with Crippen molar-refractivity contribution in [1.29, 1.82) is 0 Å². The zero-order valence-corrected chi connectivity index (χ0v) is 16.8. The normalized spacial score (nSPS) is 14.3. The van der Waals surface area contributed by atoms with Gasteiger partial charge in [-0.2, -0.15) is 4.98 Å². The second-order valence-electron chi connectivity index (χ2n) is 6.61. The maximum absolute atomic E-state index is 11.5. The molecule has 1 aliphatic rings. The number of carbonyl (C=O) groups is 1. The van der Waals surface area contributed by atoms with Gasteiger partial charge in [-0.1, -0.05) is 11.6 Å². The van der Waals surface area contributed by atoms with Gasteiger partial charge in [-0.3, -0.25) is 4.79 Å². The minimum absolute atomic E-state index is 0.104. The van der Waals surface area contributed by atoms with Crippen LogP contribution in [0.5, 0.6) is 5.75 Å². The summed E-state index contributed by atoms with van der Waals surface area (Å²) in [5, 5.41) is 3.97. The summed E-state index contributed by atoms with van der Waals surface area (Å²) in [6, 6.07) is 5.61. The van der Waals surface area contributed by atoms with Gasteiger partial charge < -0.3 is 19.9 Å². The second kappa shape index (κ2) is 8.00. The van der Waals surface area contributed by atoms with Crippen molar-refractivity contribution in [2.45, 2.75) is 20.8 Å². The highest BCUT2D eigenvalue weighted by Gasteiger charge is 2.21. The van der Waals surface area contributed by atoms with Gasteiger partial charge in [0.15, 0.2) is 0 Å². The van der Waals surface area contributed by atoms with Crippen molar-refractivity contribution in [2.75, 3.05) is 43.5 Å². The summed E-state index contributed by atoms with van der Waals surface area (Å²) >= 11 is 6.19. The number of amides is 1. The molecule has 2 aromatic rings. The average Bonchev–Trinajstić information content (AvgIpc) is 2.64. The van der Waals surface area contributed by atoms with E-state index in [1.807, 2.05) is 30.9 Å². The molecule has 0 saturated carbocycles. The zero-order valence-electron chi connectivity index (χ0n) is 16.0. The molecule has 0 radical (unpaired) electrons. The van der Waals surface area contributed by atoms with Crippen molar-refractivity contribution in [1.82, 2.24) is 14.9 Å². The predicted octanol–water partition coefficient (Wildman–Crippen LogP) is 3.17. The first kappa shape index (κ1) is 19.2. The number of piperazine rings is 1. The molecule has 0 bridgehead atoms. The Morgan fingerprint density at radius 1 is 1.15 bits per heavy atom. The van der Waals surface area contributed by atoms with Gasteiger partial charge in [0.1, 0.15) is 11.6 Å². The van der Waals surface area contributed by atoms with Gasteiger partial charge in [-0.25, -0.2) is 4.98 Å². The molecule has 0 spiro atoms. The van der Waals surface area contributed by atoms with Crippen LogP contribution in [0, 0.1) is 13.8 Å². The summed E-state index contributed by atoms with van der Waals surface area (Å²) in [5.74, 6) is 2.10. The highest BCUT2D eigenvalue weighted by molar-refractivity contribution is 6.31. The van der Waals surface area contributed by atoms with Gasteiger partial charge >= 0.3 is 0 Å². The van der Waals surface area contributed by atoms with E-state index in [0.29, 0.717) is 48.7 Å². The van der Waals surface area contributed by atoms with Crippen LogP contribution in [-0.2, 0) is 4.79 Å². The quantitative estimate of drug-likeness (QED) is 0.866. The van der Waals surface area contributed by atoms with Crippen LogP contribution in [0.3, 0.4) is 0 Å². The van der Waals surface area contributed by atoms with E-state index in [1.165, 1.54) is 0 Å². The van der Waals surface area contributed by atoms with Gasteiger partial charge in [0.05, 0.1) is 12.8 Å². The van der Waals surface area contributed by atoms with Gasteiger partial charge in [0.2, 0.25) is 11.9 Å². The molecular formula is C19H24ClN5O2. The Kier molecular flexibility index (Phi) is 5.70. The van der Waals surface area contributed by atoms with Gasteiger partial charge in [-0.15, -0.1) is 0 Å². The number of rotatable bonds is 4. The highest BCUT2D eigenvalue weighted by Crippen LogP contribution is 2.33. The van der Waals surface area contributed by atoms with Crippen LogP contribution in [0.25, 0.3) is 0 Å². The lowest BCUT2D eigenvalue weighted by Gasteiger charge is -2.34. The minimum atomic E-state index is 0.104. The molecule has 0 atom stereocenters. The van der Waals surface area contributed by atoms with E-state index in [2.05, 4.69) is 20.2 Å². The summed E-state index contributed by atoms with van der Waals surface area (Å²) in [5.41, 5.74) is 2.61. The van der Waals surface area contributed by atoms with Crippen molar-refractivity contribution in [2.24, 2.45) is 0 Å². The van der Waals surface area contributed by atoms with Crippen LogP contribution < -0.4 is 15.0 Å². The number of aromatic nitrogens is 2. The molecule has 1 saturated heterocycles. The maximum Gasteiger partial charge on any atom is 0.227 e. The standard InChI is InChI=1S/C19H24ClN5O2/c1-12-9-16(17(27-4)11-15(12)20)22-18-10-13(2)21-19(23-18)25-7-5-24(6-8-25)14(3)26/h9-11H,5-8H2,1-4H3,(H,21,22,23). The first-order valence-corrected chi connectivity index (χ1v) is 9.22. The van der Waals surface area contributed by atoms with Crippen molar-refractivity contribution in [3.63, 3.8) is 0 Å². The van der Waals surface area contributed by atoms with Gasteiger partial charge in [0, 0.05) is 56.0 Å². The van der Waals surface area contributed by atoms with Crippen molar-refractivity contribution >= 4 is 35.0 Å². The molecule has 144 valence electrons. The number of halogens is 1. The third-order valence-corrected chi connectivity index (χ3v) is 5.00. The Morgan fingerprint density at radius 2 is 1.85 bits per heavy atom. The summed E-state index contributed by atoms with van der Waals surface area (Å²) in [6.07, 6.45) is 0. The van der Waals surface area contributed by atoms with E-state index in [4.69, 9.17) is 16.3 Å². The Labute approximate surface area is 164 Å². The predicted molar refractivity (Wildman–Crippen MR) is 107 cm³/mol. The summed E-state index contributed by atoms with van der Waals surface area (Å²) in [4.78, 5) is 24.7. The molecule has 1 aliphatic heterocycles. The lowest BCUT2D eigenvalue weighted by atomic mass is 10.2. The van der Waals surface area contributed by atoms with Gasteiger partial charge in [0.25, 0.3) is 0 Å². The number of ether oxygens (including phenoxy) is 1. The molecule has 7 nitrogen and oxygen atoms in total. The SMILES string of the molecule is COc1cc(Cl)c(C)cc1Nc1cc(C)nc(N2CCN(C(C)=O)CC2)n1. The molecule has 1 aromatic heterocycles. The highest BCUT2D eigenvalue weighted by atomic mass is 35.5. The van der Waals surface area contributed by atoms with Crippen molar-refractivity contribution in [3.05, 3.63) is 34.5 Å². The van der Waals surface area contributed by atoms with E-state index >= 15 is 0 Å². The van der Waals surface area contributed by atoms with E-state index < -0.39 is 0 Å². The van der Waals surface area contributed by atoms with Crippen LogP contribution in [0.2, 0.25) is 5.02 Å². The summed E-state index contributed by atoms with van der Waals surface area (Å²) in [6.45, 7) is 8.27.